The highest BCUT2D eigenvalue weighted by Gasteiger charge is 2.17. The molecule has 17 heavy (non-hydrogen) atoms. The number of halogens is 1. The van der Waals surface area contributed by atoms with E-state index in [9.17, 15) is 5.11 Å². The van der Waals surface area contributed by atoms with E-state index in [1.54, 1.807) is 0 Å². The largest absolute Gasteiger partial charge is 0.388 e. The number of rotatable bonds is 4. The molecular formula is C15H21ClO. The van der Waals surface area contributed by atoms with E-state index >= 15 is 0 Å². The lowest BCUT2D eigenvalue weighted by Crippen LogP contribution is -2.02. The number of hydrogen-bond acceptors (Lipinski definition) is 1. The average Bonchev–Trinajstić information content (AvgIpc) is 2.82. The van der Waals surface area contributed by atoms with Gasteiger partial charge < -0.3 is 5.11 Å². The van der Waals surface area contributed by atoms with Crippen molar-refractivity contribution in [1.29, 1.82) is 0 Å². The molecular weight excluding hydrogens is 232 g/mol. The zero-order valence-corrected chi connectivity index (χ0v) is 11.2. The SMILES string of the molecule is Cc1cc(C(O)CCC2CCCC2)ccc1Cl. The predicted molar refractivity (Wildman–Crippen MR) is 72.3 cm³/mol. The van der Waals surface area contributed by atoms with Crippen molar-refractivity contribution in [2.75, 3.05) is 0 Å². The molecule has 1 aliphatic rings. The number of aryl methyl sites for hydroxylation is 1. The van der Waals surface area contributed by atoms with Crippen LogP contribution in [0.25, 0.3) is 0 Å². The molecule has 1 saturated carbocycles. The van der Waals surface area contributed by atoms with E-state index in [1.807, 2.05) is 25.1 Å². The Kier molecular flexibility index (Phi) is 4.47. The Morgan fingerprint density at radius 2 is 2.06 bits per heavy atom. The summed E-state index contributed by atoms with van der Waals surface area (Å²) in [6.07, 6.45) is 7.17. The Morgan fingerprint density at radius 3 is 2.71 bits per heavy atom. The maximum atomic E-state index is 10.2. The van der Waals surface area contributed by atoms with Gasteiger partial charge in [0.25, 0.3) is 0 Å². The first-order valence-corrected chi connectivity index (χ1v) is 6.98. The first-order chi connectivity index (χ1) is 8.16. The summed E-state index contributed by atoms with van der Waals surface area (Å²) < 4.78 is 0. The van der Waals surface area contributed by atoms with E-state index < -0.39 is 0 Å². The minimum atomic E-state index is -0.327. The summed E-state index contributed by atoms with van der Waals surface area (Å²) in [5.74, 6) is 0.845. The summed E-state index contributed by atoms with van der Waals surface area (Å²) >= 11 is 5.98. The maximum absolute atomic E-state index is 10.2. The molecule has 0 spiro atoms. The van der Waals surface area contributed by atoms with Crippen molar-refractivity contribution in [3.63, 3.8) is 0 Å². The van der Waals surface area contributed by atoms with E-state index in [-0.39, 0.29) is 6.10 Å². The molecule has 1 unspecified atom stereocenters. The van der Waals surface area contributed by atoms with Gasteiger partial charge in [-0.25, -0.2) is 0 Å². The van der Waals surface area contributed by atoms with Gasteiger partial charge in [0.15, 0.2) is 0 Å². The van der Waals surface area contributed by atoms with Crippen LogP contribution < -0.4 is 0 Å². The summed E-state index contributed by atoms with van der Waals surface area (Å²) in [6, 6.07) is 5.82. The van der Waals surface area contributed by atoms with Crippen LogP contribution in [0.2, 0.25) is 5.02 Å². The maximum Gasteiger partial charge on any atom is 0.0790 e. The minimum Gasteiger partial charge on any atom is -0.388 e. The molecule has 0 radical (unpaired) electrons. The molecule has 2 heteroatoms. The lowest BCUT2D eigenvalue weighted by atomic mass is 9.96. The fourth-order valence-electron chi connectivity index (χ4n) is 2.73. The van der Waals surface area contributed by atoms with Gasteiger partial charge in [-0.2, -0.15) is 0 Å². The van der Waals surface area contributed by atoms with Crippen LogP contribution in [0.5, 0.6) is 0 Å². The summed E-state index contributed by atoms with van der Waals surface area (Å²) in [5.41, 5.74) is 2.05. The van der Waals surface area contributed by atoms with E-state index in [1.165, 1.54) is 25.7 Å². The zero-order chi connectivity index (χ0) is 12.3. The van der Waals surface area contributed by atoms with Gasteiger partial charge in [-0.05, 0) is 42.9 Å². The van der Waals surface area contributed by atoms with E-state index in [4.69, 9.17) is 11.6 Å². The molecule has 2 rings (SSSR count). The molecule has 0 aromatic heterocycles. The number of aliphatic hydroxyl groups is 1. The molecule has 1 N–H and O–H groups in total. The second-order valence-corrected chi connectivity index (χ2v) is 5.66. The van der Waals surface area contributed by atoms with Crippen molar-refractivity contribution in [2.24, 2.45) is 5.92 Å². The lowest BCUT2D eigenvalue weighted by Gasteiger charge is -2.15. The molecule has 1 nitrogen and oxygen atoms in total. The Balaban J connectivity index is 1.89. The molecule has 1 aliphatic carbocycles. The van der Waals surface area contributed by atoms with Crippen LogP contribution in [0.1, 0.15) is 55.8 Å². The van der Waals surface area contributed by atoms with Crippen LogP contribution in [0.4, 0.5) is 0 Å². The first-order valence-electron chi connectivity index (χ1n) is 6.61. The van der Waals surface area contributed by atoms with Crippen molar-refractivity contribution >= 4 is 11.6 Å². The Bertz CT molecular complexity index is 369. The van der Waals surface area contributed by atoms with Gasteiger partial charge >= 0.3 is 0 Å². The van der Waals surface area contributed by atoms with E-state index in [2.05, 4.69) is 0 Å². The quantitative estimate of drug-likeness (QED) is 0.827. The van der Waals surface area contributed by atoms with Crippen LogP contribution in [0, 0.1) is 12.8 Å². The summed E-state index contributed by atoms with van der Waals surface area (Å²) in [4.78, 5) is 0. The highest BCUT2D eigenvalue weighted by atomic mass is 35.5. The standard InChI is InChI=1S/C15H21ClO/c1-11-10-13(7-8-14(11)16)15(17)9-6-12-4-2-3-5-12/h7-8,10,12,15,17H,2-6,9H2,1H3. The van der Waals surface area contributed by atoms with Crippen molar-refractivity contribution in [1.82, 2.24) is 0 Å². The van der Waals surface area contributed by atoms with Crippen molar-refractivity contribution < 1.29 is 5.11 Å². The van der Waals surface area contributed by atoms with Crippen LogP contribution >= 0.6 is 11.6 Å². The molecule has 1 aromatic carbocycles. The Hall–Kier alpha value is -0.530. The fraction of sp³-hybridized carbons (Fsp3) is 0.600. The van der Waals surface area contributed by atoms with Gasteiger partial charge in [-0.15, -0.1) is 0 Å². The van der Waals surface area contributed by atoms with Gasteiger partial charge in [-0.3, -0.25) is 0 Å². The smallest absolute Gasteiger partial charge is 0.0790 e. The summed E-state index contributed by atoms with van der Waals surface area (Å²) in [5, 5.41) is 10.9. The number of aliphatic hydroxyl groups excluding tert-OH is 1. The molecule has 1 aromatic rings. The number of benzene rings is 1. The van der Waals surface area contributed by atoms with Crippen molar-refractivity contribution in [3.05, 3.63) is 34.3 Å². The lowest BCUT2D eigenvalue weighted by molar-refractivity contribution is 0.157. The third-order valence-corrected chi connectivity index (χ3v) is 4.31. The minimum absolute atomic E-state index is 0.327. The molecule has 0 bridgehead atoms. The van der Waals surface area contributed by atoms with Crippen molar-refractivity contribution in [2.45, 2.75) is 51.6 Å². The first kappa shape index (κ1) is 12.9. The fourth-order valence-corrected chi connectivity index (χ4v) is 2.85. The predicted octanol–water partition coefficient (Wildman–Crippen LogP) is 4.65. The van der Waals surface area contributed by atoms with E-state index in [0.29, 0.717) is 0 Å². The van der Waals surface area contributed by atoms with Crippen LogP contribution in [0.3, 0.4) is 0 Å². The molecule has 0 saturated heterocycles. The van der Waals surface area contributed by atoms with Crippen LogP contribution in [-0.2, 0) is 0 Å². The Labute approximate surface area is 109 Å². The second-order valence-electron chi connectivity index (χ2n) is 5.25. The number of hydrogen-bond donors (Lipinski definition) is 1. The van der Waals surface area contributed by atoms with Crippen molar-refractivity contribution in [3.8, 4) is 0 Å². The molecule has 94 valence electrons. The van der Waals surface area contributed by atoms with Gasteiger partial charge in [0.2, 0.25) is 0 Å². The molecule has 0 amide bonds. The van der Waals surface area contributed by atoms with Crippen LogP contribution in [-0.4, -0.2) is 5.11 Å². The summed E-state index contributed by atoms with van der Waals surface area (Å²) in [6.45, 7) is 1.98. The third-order valence-electron chi connectivity index (χ3n) is 3.89. The van der Waals surface area contributed by atoms with Crippen LogP contribution in [0.15, 0.2) is 18.2 Å². The molecule has 1 atom stereocenters. The Morgan fingerprint density at radius 1 is 1.35 bits per heavy atom. The average molecular weight is 253 g/mol. The van der Waals surface area contributed by atoms with Gasteiger partial charge in [-0.1, -0.05) is 49.4 Å². The van der Waals surface area contributed by atoms with Gasteiger partial charge in [0.05, 0.1) is 6.10 Å². The van der Waals surface area contributed by atoms with Gasteiger partial charge in [0.1, 0.15) is 0 Å². The zero-order valence-electron chi connectivity index (χ0n) is 10.5. The monoisotopic (exact) mass is 252 g/mol. The van der Waals surface area contributed by atoms with Gasteiger partial charge in [0, 0.05) is 5.02 Å². The molecule has 0 aliphatic heterocycles. The normalized spacial score (nSPS) is 18.5. The summed E-state index contributed by atoms with van der Waals surface area (Å²) in [7, 11) is 0. The molecule has 1 fully saturated rings. The highest BCUT2D eigenvalue weighted by molar-refractivity contribution is 6.31. The van der Waals surface area contributed by atoms with E-state index in [0.717, 1.165) is 34.9 Å². The second kappa shape index (κ2) is 5.88. The topological polar surface area (TPSA) is 20.2 Å². The third kappa shape index (κ3) is 3.46. The highest BCUT2D eigenvalue weighted by Crippen LogP contribution is 2.32. The molecule has 0 heterocycles.